The molecule has 0 saturated carbocycles. The predicted molar refractivity (Wildman–Crippen MR) is 90.7 cm³/mol. The van der Waals surface area contributed by atoms with Crippen molar-refractivity contribution in [1.82, 2.24) is 0 Å². The minimum Gasteiger partial charge on any atom is -0.497 e. The quantitative estimate of drug-likeness (QED) is 0.498. The van der Waals surface area contributed by atoms with Crippen molar-refractivity contribution in [1.29, 1.82) is 0 Å². The molecule has 1 heterocycles. The Morgan fingerprint density at radius 2 is 1.81 bits per heavy atom. The van der Waals surface area contributed by atoms with Crippen LogP contribution < -0.4 is 15.1 Å². The van der Waals surface area contributed by atoms with Crippen LogP contribution in [0.1, 0.15) is 5.56 Å². The molecule has 26 heavy (non-hydrogen) atoms. The summed E-state index contributed by atoms with van der Waals surface area (Å²) in [5.41, 5.74) is 0.291. The summed E-state index contributed by atoms with van der Waals surface area (Å²) >= 11 is 0. The van der Waals surface area contributed by atoms with Crippen LogP contribution in [-0.2, 0) is 16.1 Å². The zero-order chi connectivity index (χ0) is 18.5. The second kappa shape index (κ2) is 7.69. The van der Waals surface area contributed by atoms with Crippen LogP contribution >= 0.6 is 0 Å². The van der Waals surface area contributed by atoms with E-state index in [4.69, 9.17) is 18.6 Å². The number of methoxy groups -OCH3 is 1. The molecule has 0 aliphatic rings. The molecular weight excluding hydrogens is 343 g/mol. The number of benzene rings is 2. The normalized spacial score (nSPS) is 10.5. The van der Waals surface area contributed by atoms with Crippen LogP contribution in [0.3, 0.4) is 0 Å². The molecule has 0 N–H and O–H groups in total. The van der Waals surface area contributed by atoms with E-state index in [2.05, 4.69) is 0 Å². The smallest absolute Gasteiger partial charge is 0.344 e. The van der Waals surface area contributed by atoms with Crippen molar-refractivity contribution < 1.29 is 27.8 Å². The molecule has 0 fully saturated rings. The van der Waals surface area contributed by atoms with Crippen molar-refractivity contribution in [3.63, 3.8) is 0 Å². The Morgan fingerprint density at radius 1 is 1.08 bits per heavy atom. The van der Waals surface area contributed by atoms with E-state index in [1.165, 1.54) is 37.4 Å². The van der Waals surface area contributed by atoms with Crippen molar-refractivity contribution in [2.45, 2.75) is 6.61 Å². The summed E-state index contributed by atoms with van der Waals surface area (Å²) in [6, 6.07) is 11.6. The summed E-state index contributed by atoms with van der Waals surface area (Å²) in [4.78, 5) is 23.5. The van der Waals surface area contributed by atoms with Gasteiger partial charge in [-0.05, 0) is 36.4 Å². The molecule has 0 aliphatic heterocycles. The summed E-state index contributed by atoms with van der Waals surface area (Å²) in [7, 11) is 1.51. The Bertz CT molecular complexity index is 977. The van der Waals surface area contributed by atoms with E-state index in [9.17, 15) is 14.0 Å². The van der Waals surface area contributed by atoms with Crippen molar-refractivity contribution in [2.24, 2.45) is 0 Å². The number of carbonyl (C=O) groups is 1. The highest BCUT2D eigenvalue weighted by molar-refractivity contribution is 5.81. The van der Waals surface area contributed by atoms with Crippen LogP contribution in [0.2, 0.25) is 0 Å². The SMILES string of the molecule is COc1ccc2c(COC(=O)COc3ccc(F)cc3)cc(=O)oc2c1. The van der Waals surface area contributed by atoms with Gasteiger partial charge in [0.15, 0.2) is 6.61 Å². The maximum absolute atomic E-state index is 12.8. The fourth-order valence-electron chi connectivity index (χ4n) is 2.33. The molecule has 0 saturated heterocycles. The van der Waals surface area contributed by atoms with E-state index >= 15 is 0 Å². The molecule has 3 rings (SSSR count). The lowest BCUT2D eigenvalue weighted by atomic mass is 10.1. The van der Waals surface area contributed by atoms with E-state index in [0.29, 0.717) is 28.0 Å². The van der Waals surface area contributed by atoms with Crippen molar-refractivity contribution in [2.75, 3.05) is 13.7 Å². The van der Waals surface area contributed by atoms with Gasteiger partial charge in [-0.3, -0.25) is 0 Å². The van der Waals surface area contributed by atoms with E-state index in [1.807, 2.05) is 0 Å². The molecule has 0 spiro atoms. The van der Waals surface area contributed by atoms with Gasteiger partial charge in [0, 0.05) is 23.1 Å². The van der Waals surface area contributed by atoms with Gasteiger partial charge in [-0.1, -0.05) is 0 Å². The summed E-state index contributed by atoms with van der Waals surface area (Å²) in [6.45, 7) is -0.446. The standard InChI is InChI=1S/C19H15FO6/c1-23-15-6-7-16-12(8-18(21)26-17(16)9-15)10-25-19(22)11-24-14-4-2-13(20)3-5-14/h2-9H,10-11H2,1H3. The first kappa shape index (κ1) is 17.5. The number of halogens is 1. The Kier molecular flexibility index (Phi) is 5.17. The van der Waals surface area contributed by atoms with Gasteiger partial charge in [-0.15, -0.1) is 0 Å². The van der Waals surface area contributed by atoms with Crippen LogP contribution in [0, 0.1) is 5.82 Å². The Morgan fingerprint density at radius 3 is 2.54 bits per heavy atom. The lowest BCUT2D eigenvalue weighted by Gasteiger charge is -2.09. The summed E-state index contributed by atoms with van der Waals surface area (Å²) in [5, 5.41) is 0.637. The number of fused-ring (bicyclic) bond motifs is 1. The summed E-state index contributed by atoms with van der Waals surface area (Å²) in [6.07, 6.45) is 0. The van der Waals surface area contributed by atoms with E-state index in [1.54, 1.807) is 18.2 Å². The average molecular weight is 358 g/mol. The first-order chi connectivity index (χ1) is 12.5. The largest absolute Gasteiger partial charge is 0.497 e. The molecule has 2 aromatic carbocycles. The Labute approximate surface area is 147 Å². The third-order valence-corrected chi connectivity index (χ3v) is 3.60. The van der Waals surface area contributed by atoms with Gasteiger partial charge >= 0.3 is 11.6 Å². The van der Waals surface area contributed by atoms with Crippen molar-refractivity contribution in [3.8, 4) is 11.5 Å². The fourth-order valence-corrected chi connectivity index (χ4v) is 2.33. The number of carbonyl (C=O) groups excluding carboxylic acids is 1. The number of esters is 1. The monoisotopic (exact) mass is 358 g/mol. The zero-order valence-corrected chi connectivity index (χ0v) is 13.9. The second-order valence-corrected chi connectivity index (χ2v) is 5.36. The number of ether oxygens (including phenoxy) is 3. The van der Waals surface area contributed by atoms with Gasteiger partial charge in [-0.2, -0.15) is 0 Å². The molecule has 0 atom stereocenters. The van der Waals surface area contributed by atoms with Crippen molar-refractivity contribution in [3.05, 3.63) is 70.3 Å². The molecule has 7 heteroatoms. The molecule has 0 amide bonds. The van der Waals surface area contributed by atoms with Crippen LogP contribution in [0.25, 0.3) is 11.0 Å². The summed E-state index contributed by atoms with van der Waals surface area (Å²) in [5.74, 6) is -0.126. The summed E-state index contributed by atoms with van der Waals surface area (Å²) < 4.78 is 33.4. The van der Waals surface area contributed by atoms with Crippen LogP contribution in [-0.4, -0.2) is 19.7 Å². The fraction of sp³-hybridized carbons (Fsp3) is 0.158. The van der Waals surface area contributed by atoms with Gasteiger partial charge in [0.2, 0.25) is 0 Å². The Hall–Kier alpha value is -3.35. The first-order valence-electron chi connectivity index (χ1n) is 7.70. The molecule has 1 aromatic heterocycles. The van der Waals surface area contributed by atoms with E-state index in [0.717, 1.165) is 0 Å². The predicted octanol–water partition coefficient (Wildman–Crippen LogP) is 3.06. The maximum atomic E-state index is 12.8. The third kappa shape index (κ3) is 4.18. The van der Waals surface area contributed by atoms with Crippen molar-refractivity contribution >= 4 is 16.9 Å². The van der Waals surface area contributed by atoms with Gasteiger partial charge in [0.1, 0.15) is 29.5 Å². The lowest BCUT2D eigenvalue weighted by molar-refractivity contribution is -0.147. The highest BCUT2D eigenvalue weighted by Gasteiger charge is 2.10. The molecule has 3 aromatic rings. The minimum atomic E-state index is -0.621. The lowest BCUT2D eigenvalue weighted by Crippen LogP contribution is -2.15. The van der Waals surface area contributed by atoms with E-state index in [-0.39, 0.29) is 13.2 Å². The minimum absolute atomic E-state index is 0.111. The van der Waals surface area contributed by atoms with Gasteiger partial charge < -0.3 is 18.6 Å². The van der Waals surface area contributed by atoms with Crippen LogP contribution in [0.5, 0.6) is 11.5 Å². The molecule has 0 unspecified atom stereocenters. The molecular formula is C19H15FO6. The zero-order valence-electron chi connectivity index (χ0n) is 13.9. The molecule has 0 radical (unpaired) electrons. The third-order valence-electron chi connectivity index (χ3n) is 3.60. The van der Waals surface area contributed by atoms with Gasteiger partial charge in [0.25, 0.3) is 0 Å². The molecule has 6 nitrogen and oxygen atoms in total. The highest BCUT2D eigenvalue weighted by Crippen LogP contribution is 2.23. The number of hydrogen-bond donors (Lipinski definition) is 0. The number of rotatable bonds is 6. The number of hydrogen-bond acceptors (Lipinski definition) is 6. The second-order valence-electron chi connectivity index (χ2n) is 5.36. The van der Waals surface area contributed by atoms with Gasteiger partial charge in [-0.25, -0.2) is 14.0 Å². The van der Waals surface area contributed by atoms with Gasteiger partial charge in [0.05, 0.1) is 7.11 Å². The maximum Gasteiger partial charge on any atom is 0.344 e. The van der Waals surface area contributed by atoms with Crippen LogP contribution in [0.15, 0.2) is 57.7 Å². The Balaban J connectivity index is 1.66. The molecule has 0 aliphatic carbocycles. The molecule has 134 valence electrons. The van der Waals surface area contributed by atoms with E-state index < -0.39 is 17.4 Å². The average Bonchev–Trinajstić information content (AvgIpc) is 2.64. The van der Waals surface area contributed by atoms with Crippen LogP contribution in [0.4, 0.5) is 4.39 Å². The molecule has 0 bridgehead atoms. The first-order valence-corrected chi connectivity index (χ1v) is 7.70. The topological polar surface area (TPSA) is 75.0 Å². The highest BCUT2D eigenvalue weighted by atomic mass is 19.1.